The first-order valence-electron chi connectivity index (χ1n) is 4.87. The van der Waals surface area contributed by atoms with E-state index in [1.165, 1.54) is 4.80 Å². The Morgan fingerprint density at radius 2 is 1.69 bits per heavy atom. The van der Waals surface area contributed by atoms with Crippen LogP contribution in [-0.2, 0) is 0 Å². The van der Waals surface area contributed by atoms with Crippen LogP contribution in [0.4, 0.5) is 0 Å². The number of nitrogens with zero attached hydrogens (tertiary/aromatic N) is 3. The first kappa shape index (κ1) is 8.91. The molecule has 4 heteroatoms. The average molecular weight is 210 g/mol. The highest BCUT2D eigenvalue weighted by molar-refractivity contribution is 5.73. The van der Waals surface area contributed by atoms with Crippen molar-refractivity contribution in [2.45, 2.75) is 0 Å². The van der Waals surface area contributed by atoms with Gasteiger partial charge in [-0.2, -0.15) is 0 Å². The van der Waals surface area contributed by atoms with Crippen molar-refractivity contribution in [2.24, 2.45) is 0 Å². The number of fused-ring (bicyclic) bond motifs is 1. The maximum absolute atomic E-state index is 9.63. The minimum Gasteiger partial charge on any atom is -0.505 e. The van der Waals surface area contributed by atoms with Crippen molar-refractivity contribution in [3.63, 3.8) is 0 Å². The van der Waals surface area contributed by atoms with Crippen LogP contribution >= 0.6 is 0 Å². The van der Waals surface area contributed by atoms with E-state index in [4.69, 9.17) is 0 Å². The van der Waals surface area contributed by atoms with Gasteiger partial charge in [-0.3, -0.25) is 0 Å². The molecule has 0 aliphatic carbocycles. The molecule has 16 heavy (non-hydrogen) atoms. The topological polar surface area (TPSA) is 50.9 Å². The van der Waals surface area contributed by atoms with Crippen molar-refractivity contribution in [2.75, 3.05) is 0 Å². The SMILES string of the molecule is Oc1[c]cccc1-n1nc2ccccc2n1. The highest BCUT2D eigenvalue weighted by atomic mass is 16.3. The van der Waals surface area contributed by atoms with Crippen LogP contribution in [0, 0.1) is 6.07 Å². The molecule has 0 bridgehead atoms. The summed E-state index contributed by atoms with van der Waals surface area (Å²) in [5.74, 6) is 0.0443. The normalized spacial score (nSPS) is 10.8. The molecule has 1 heterocycles. The Kier molecular flexibility index (Phi) is 1.86. The standard InChI is InChI=1S/C12H8N3O/c16-12-8-4-3-7-11(12)15-13-9-5-1-2-6-10(9)14-15/h1-7,16H. The largest absolute Gasteiger partial charge is 0.505 e. The van der Waals surface area contributed by atoms with Crippen molar-refractivity contribution >= 4 is 11.0 Å². The summed E-state index contributed by atoms with van der Waals surface area (Å²) in [6.07, 6.45) is 0. The lowest BCUT2D eigenvalue weighted by molar-refractivity contribution is 0.466. The van der Waals surface area contributed by atoms with Crippen LogP contribution in [-0.4, -0.2) is 20.1 Å². The van der Waals surface area contributed by atoms with E-state index in [9.17, 15) is 5.11 Å². The first-order chi connectivity index (χ1) is 7.84. The monoisotopic (exact) mass is 210 g/mol. The van der Waals surface area contributed by atoms with Gasteiger partial charge in [0.15, 0.2) is 5.75 Å². The van der Waals surface area contributed by atoms with E-state index in [0.29, 0.717) is 5.69 Å². The molecule has 0 amide bonds. The van der Waals surface area contributed by atoms with E-state index in [1.54, 1.807) is 18.2 Å². The molecule has 0 fully saturated rings. The second-order valence-corrected chi connectivity index (χ2v) is 3.38. The molecule has 0 saturated carbocycles. The van der Waals surface area contributed by atoms with Crippen LogP contribution in [0.2, 0.25) is 0 Å². The van der Waals surface area contributed by atoms with Crippen LogP contribution in [0.3, 0.4) is 0 Å². The lowest BCUT2D eigenvalue weighted by Gasteiger charge is -2.00. The third kappa shape index (κ3) is 1.32. The zero-order chi connectivity index (χ0) is 11.0. The lowest BCUT2D eigenvalue weighted by atomic mass is 10.3. The average Bonchev–Trinajstić information content (AvgIpc) is 2.73. The Morgan fingerprint density at radius 1 is 1.00 bits per heavy atom. The number of phenols is 1. The first-order valence-corrected chi connectivity index (χ1v) is 4.87. The van der Waals surface area contributed by atoms with Crippen LogP contribution in [0.1, 0.15) is 0 Å². The predicted octanol–water partition coefficient (Wildman–Crippen LogP) is 1.93. The molecule has 0 aliphatic rings. The van der Waals surface area contributed by atoms with Crippen molar-refractivity contribution in [3.05, 3.63) is 48.5 Å². The highest BCUT2D eigenvalue weighted by Gasteiger charge is 2.06. The Morgan fingerprint density at radius 3 is 2.31 bits per heavy atom. The Hall–Kier alpha value is -2.36. The molecule has 1 radical (unpaired) electrons. The zero-order valence-electron chi connectivity index (χ0n) is 8.33. The van der Waals surface area contributed by atoms with Gasteiger partial charge in [0.1, 0.15) is 16.7 Å². The highest BCUT2D eigenvalue weighted by Crippen LogP contribution is 2.19. The Balaban J connectivity index is 2.23. The number of hydrogen-bond acceptors (Lipinski definition) is 3. The molecule has 0 saturated heterocycles. The van der Waals surface area contributed by atoms with Gasteiger partial charge < -0.3 is 5.11 Å². The molecule has 0 spiro atoms. The van der Waals surface area contributed by atoms with Gasteiger partial charge in [0.25, 0.3) is 0 Å². The van der Waals surface area contributed by atoms with Crippen molar-refractivity contribution in [1.82, 2.24) is 15.0 Å². The van der Waals surface area contributed by atoms with Gasteiger partial charge in [-0.1, -0.05) is 24.3 Å². The van der Waals surface area contributed by atoms with Crippen LogP contribution in [0.15, 0.2) is 42.5 Å². The number of aromatic nitrogens is 3. The van der Waals surface area contributed by atoms with Crippen LogP contribution in [0.5, 0.6) is 5.75 Å². The summed E-state index contributed by atoms with van der Waals surface area (Å²) in [4.78, 5) is 1.41. The third-order valence-electron chi connectivity index (χ3n) is 2.32. The maximum atomic E-state index is 9.63. The van der Waals surface area contributed by atoms with Gasteiger partial charge in [0.05, 0.1) is 0 Å². The van der Waals surface area contributed by atoms with E-state index in [2.05, 4.69) is 16.3 Å². The van der Waals surface area contributed by atoms with E-state index >= 15 is 0 Å². The lowest BCUT2D eigenvalue weighted by Crippen LogP contribution is -1.98. The molecule has 3 aromatic rings. The summed E-state index contributed by atoms with van der Waals surface area (Å²) in [5.41, 5.74) is 2.12. The molecular weight excluding hydrogens is 202 g/mol. The van der Waals surface area contributed by atoms with E-state index in [-0.39, 0.29) is 5.75 Å². The van der Waals surface area contributed by atoms with Crippen LogP contribution < -0.4 is 0 Å². The molecule has 1 aromatic heterocycles. The number of benzene rings is 2. The maximum Gasteiger partial charge on any atom is 0.151 e. The van der Waals surface area contributed by atoms with Gasteiger partial charge >= 0.3 is 0 Å². The summed E-state index contributed by atoms with van der Waals surface area (Å²) in [5, 5.41) is 18.2. The number of rotatable bonds is 1. The van der Waals surface area contributed by atoms with Gasteiger partial charge in [-0.25, -0.2) is 0 Å². The van der Waals surface area contributed by atoms with E-state index in [1.807, 2.05) is 24.3 Å². The minimum absolute atomic E-state index is 0.0443. The summed E-state index contributed by atoms with van der Waals surface area (Å²) < 4.78 is 0. The van der Waals surface area contributed by atoms with E-state index < -0.39 is 0 Å². The third-order valence-corrected chi connectivity index (χ3v) is 2.32. The fourth-order valence-corrected chi connectivity index (χ4v) is 1.55. The second kappa shape index (κ2) is 3.34. The Labute approximate surface area is 91.8 Å². The summed E-state index contributed by atoms with van der Waals surface area (Å²) in [6, 6.07) is 15.4. The minimum atomic E-state index is 0.0443. The fourth-order valence-electron chi connectivity index (χ4n) is 1.55. The van der Waals surface area contributed by atoms with Crippen molar-refractivity contribution < 1.29 is 5.11 Å². The van der Waals surface area contributed by atoms with Gasteiger partial charge in [-0.05, 0) is 18.2 Å². The number of phenolic OH excluding ortho intramolecular Hbond substituents is 1. The second-order valence-electron chi connectivity index (χ2n) is 3.38. The molecular formula is C12H8N3O. The van der Waals surface area contributed by atoms with Gasteiger partial charge in [-0.15, -0.1) is 15.0 Å². The summed E-state index contributed by atoms with van der Waals surface area (Å²) in [7, 11) is 0. The van der Waals surface area contributed by atoms with E-state index in [0.717, 1.165) is 11.0 Å². The van der Waals surface area contributed by atoms with Crippen LogP contribution in [0.25, 0.3) is 16.7 Å². The van der Waals surface area contributed by atoms with Gasteiger partial charge in [0.2, 0.25) is 0 Å². The number of para-hydroxylation sites is 1. The summed E-state index contributed by atoms with van der Waals surface area (Å²) in [6.45, 7) is 0. The molecule has 0 atom stereocenters. The zero-order valence-corrected chi connectivity index (χ0v) is 8.33. The smallest absolute Gasteiger partial charge is 0.151 e. The molecule has 4 nitrogen and oxygen atoms in total. The molecule has 3 rings (SSSR count). The van der Waals surface area contributed by atoms with Gasteiger partial charge in [0, 0.05) is 6.07 Å². The Bertz CT molecular complexity index is 612. The fraction of sp³-hybridized carbons (Fsp3) is 0. The number of aromatic hydroxyl groups is 1. The molecule has 2 aromatic carbocycles. The van der Waals surface area contributed by atoms with Crippen molar-refractivity contribution in [3.8, 4) is 11.4 Å². The molecule has 0 unspecified atom stereocenters. The molecule has 77 valence electrons. The molecule has 1 N–H and O–H groups in total. The molecule has 0 aliphatic heterocycles. The van der Waals surface area contributed by atoms with Crippen molar-refractivity contribution in [1.29, 1.82) is 0 Å². The predicted molar refractivity (Wildman–Crippen MR) is 59.4 cm³/mol. The summed E-state index contributed by atoms with van der Waals surface area (Å²) >= 11 is 0. The quantitative estimate of drug-likeness (QED) is 0.667. The number of hydrogen-bond donors (Lipinski definition) is 1.